The maximum absolute atomic E-state index is 12.9. The van der Waals surface area contributed by atoms with Crippen molar-refractivity contribution in [3.05, 3.63) is 59.1 Å². The fraction of sp³-hybridized carbons (Fsp3) is 0.429. The molecule has 1 saturated heterocycles. The van der Waals surface area contributed by atoms with Crippen LogP contribution in [0.4, 0.5) is 0 Å². The first-order valence-corrected chi connectivity index (χ1v) is 11.5. The zero-order valence-corrected chi connectivity index (χ0v) is 18.1. The highest BCUT2D eigenvalue weighted by atomic mass is 35.5. The van der Waals surface area contributed by atoms with E-state index in [0.717, 1.165) is 18.5 Å². The van der Waals surface area contributed by atoms with Gasteiger partial charge in [0.25, 0.3) is 0 Å². The number of sulfonamides is 1. The van der Waals surface area contributed by atoms with E-state index in [2.05, 4.69) is 4.90 Å². The second kappa shape index (κ2) is 9.91. The van der Waals surface area contributed by atoms with Crippen molar-refractivity contribution >= 4 is 21.6 Å². The van der Waals surface area contributed by atoms with E-state index < -0.39 is 16.1 Å². The van der Waals surface area contributed by atoms with E-state index in [9.17, 15) is 13.5 Å². The number of aryl methyl sites for hydroxylation is 1. The predicted octanol–water partition coefficient (Wildman–Crippen LogP) is 2.78. The van der Waals surface area contributed by atoms with Crippen LogP contribution in [0, 0.1) is 6.92 Å². The van der Waals surface area contributed by atoms with Crippen molar-refractivity contribution in [1.29, 1.82) is 0 Å². The Kier molecular flexibility index (Phi) is 7.54. The topological polar surface area (TPSA) is 70.1 Å². The van der Waals surface area contributed by atoms with Crippen LogP contribution in [0.1, 0.15) is 12.0 Å². The highest BCUT2D eigenvalue weighted by Gasteiger charge is 2.27. The van der Waals surface area contributed by atoms with Crippen molar-refractivity contribution in [3.8, 4) is 5.75 Å². The van der Waals surface area contributed by atoms with Crippen LogP contribution < -0.4 is 4.74 Å². The molecule has 1 aliphatic heterocycles. The summed E-state index contributed by atoms with van der Waals surface area (Å²) in [6.45, 7) is 4.73. The summed E-state index contributed by atoms with van der Waals surface area (Å²) in [5.41, 5.74) is 1.03. The second-order valence-electron chi connectivity index (χ2n) is 7.29. The number of hydrogen-bond donors (Lipinski definition) is 1. The van der Waals surface area contributed by atoms with Crippen molar-refractivity contribution in [2.45, 2.75) is 24.3 Å². The van der Waals surface area contributed by atoms with Gasteiger partial charge < -0.3 is 9.84 Å². The summed E-state index contributed by atoms with van der Waals surface area (Å²) in [5, 5.41) is 10.9. The molecule has 0 radical (unpaired) electrons. The number of ether oxygens (including phenoxy) is 1. The van der Waals surface area contributed by atoms with Gasteiger partial charge >= 0.3 is 0 Å². The van der Waals surface area contributed by atoms with Gasteiger partial charge in [-0.15, -0.1) is 0 Å². The van der Waals surface area contributed by atoms with Crippen LogP contribution in [-0.2, 0) is 10.0 Å². The van der Waals surface area contributed by atoms with Crippen molar-refractivity contribution in [2.24, 2.45) is 0 Å². The minimum atomic E-state index is -3.50. The third-order valence-electron chi connectivity index (χ3n) is 4.93. The van der Waals surface area contributed by atoms with Crippen molar-refractivity contribution in [2.75, 3.05) is 39.3 Å². The molecule has 3 rings (SSSR count). The zero-order chi connectivity index (χ0) is 20.9. The lowest BCUT2D eigenvalue weighted by Gasteiger charge is -2.24. The Labute approximate surface area is 177 Å². The Balaban J connectivity index is 1.51. The third kappa shape index (κ3) is 6.17. The molecule has 1 heterocycles. The largest absolute Gasteiger partial charge is 0.491 e. The molecule has 6 nitrogen and oxygen atoms in total. The minimum absolute atomic E-state index is 0.170. The van der Waals surface area contributed by atoms with Gasteiger partial charge in [0.2, 0.25) is 10.0 Å². The predicted molar refractivity (Wildman–Crippen MR) is 114 cm³/mol. The molecule has 1 fully saturated rings. The van der Waals surface area contributed by atoms with Crippen LogP contribution >= 0.6 is 11.6 Å². The van der Waals surface area contributed by atoms with E-state index in [1.165, 1.54) is 4.31 Å². The Hall–Kier alpha value is -1.64. The highest BCUT2D eigenvalue weighted by molar-refractivity contribution is 7.89. The van der Waals surface area contributed by atoms with Gasteiger partial charge in [-0.2, -0.15) is 4.31 Å². The molecule has 8 heteroatoms. The number of aliphatic hydroxyl groups is 1. The summed E-state index contributed by atoms with van der Waals surface area (Å²) in [5.74, 6) is 0.652. The molecular weight excluding hydrogens is 412 g/mol. The lowest BCUT2D eigenvalue weighted by atomic mass is 10.2. The van der Waals surface area contributed by atoms with Crippen LogP contribution in [0.25, 0.3) is 0 Å². The Bertz CT molecular complexity index is 888. The quantitative estimate of drug-likeness (QED) is 0.719. The van der Waals surface area contributed by atoms with E-state index in [4.69, 9.17) is 16.3 Å². The average molecular weight is 439 g/mol. The summed E-state index contributed by atoms with van der Waals surface area (Å²) in [7, 11) is -3.50. The molecule has 29 heavy (non-hydrogen) atoms. The van der Waals surface area contributed by atoms with Gasteiger partial charge in [0.1, 0.15) is 18.5 Å². The number of benzene rings is 2. The first-order valence-electron chi connectivity index (χ1n) is 9.70. The minimum Gasteiger partial charge on any atom is -0.491 e. The van der Waals surface area contributed by atoms with Crippen LogP contribution in [0.2, 0.25) is 5.02 Å². The number of halogens is 1. The number of β-amino-alcohol motifs (C(OH)–C–C–N with tert-alkyl or cyclic N) is 1. The molecule has 1 unspecified atom stereocenters. The monoisotopic (exact) mass is 438 g/mol. The molecule has 0 amide bonds. The van der Waals surface area contributed by atoms with Gasteiger partial charge in [0, 0.05) is 31.2 Å². The molecule has 0 aromatic heterocycles. The van der Waals surface area contributed by atoms with E-state index in [1.807, 2.05) is 19.1 Å². The molecule has 1 atom stereocenters. The van der Waals surface area contributed by atoms with Crippen LogP contribution in [0.5, 0.6) is 5.75 Å². The molecule has 0 bridgehead atoms. The first-order chi connectivity index (χ1) is 13.8. The van der Waals surface area contributed by atoms with E-state index in [-0.39, 0.29) is 6.61 Å². The Morgan fingerprint density at radius 2 is 1.72 bits per heavy atom. The fourth-order valence-corrected chi connectivity index (χ4v) is 4.90. The van der Waals surface area contributed by atoms with E-state index >= 15 is 0 Å². The second-order valence-corrected chi connectivity index (χ2v) is 9.66. The first kappa shape index (κ1) is 22.1. The highest BCUT2D eigenvalue weighted by Crippen LogP contribution is 2.19. The molecule has 0 saturated carbocycles. The van der Waals surface area contributed by atoms with Crippen LogP contribution in [-0.4, -0.2) is 68.2 Å². The molecule has 0 spiro atoms. The Morgan fingerprint density at radius 1 is 1.03 bits per heavy atom. The summed E-state index contributed by atoms with van der Waals surface area (Å²) in [6, 6.07) is 13.9. The van der Waals surface area contributed by atoms with Gasteiger partial charge in [-0.25, -0.2) is 8.42 Å². The fourth-order valence-electron chi connectivity index (χ4n) is 3.30. The summed E-state index contributed by atoms with van der Waals surface area (Å²) >= 11 is 5.85. The summed E-state index contributed by atoms with van der Waals surface area (Å²) < 4.78 is 32.9. The molecule has 1 aliphatic rings. The van der Waals surface area contributed by atoms with Crippen molar-refractivity contribution < 1.29 is 18.3 Å². The SMILES string of the molecule is Cc1ccc(S(=O)(=O)N2CCCN(CC(O)COc3ccc(Cl)cc3)CC2)cc1. The molecule has 1 N–H and O–H groups in total. The summed E-state index contributed by atoms with van der Waals surface area (Å²) in [6.07, 6.45) is 0.0569. The Morgan fingerprint density at radius 3 is 2.41 bits per heavy atom. The molecule has 158 valence electrons. The number of hydrogen-bond acceptors (Lipinski definition) is 5. The molecular formula is C21H27ClN2O4S. The van der Waals surface area contributed by atoms with Crippen LogP contribution in [0.15, 0.2) is 53.4 Å². The van der Waals surface area contributed by atoms with Crippen molar-refractivity contribution in [1.82, 2.24) is 9.21 Å². The zero-order valence-electron chi connectivity index (χ0n) is 16.5. The molecule has 2 aromatic rings. The van der Waals surface area contributed by atoms with Gasteiger partial charge in [0.15, 0.2) is 0 Å². The lowest BCUT2D eigenvalue weighted by molar-refractivity contribution is 0.0700. The molecule has 0 aliphatic carbocycles. The summed E-state index contributed by atoms with van der Waals surface area (Å²) in [4.78, 5) is 2.41. The van der Waals surface area contributed by atoms with E-state index in [1.54, 1.807) is 36.4 Å². The standard InChI is InChI=1S/C21H27ClN2O4S/c1-17-3-9-21(10-4-17)29(26,27)24-12-2-11-23(13-14-24)15-19(25)16-28-20-7-5-18(22)6-8-20/h3-10,19,25H,2,11-16H2,1H3. The average Bonchev–Trinajstić information content (AvgIpc) is 2.94. The van der Waals surface area contributed by atoms with Gasteiger partial charge in [0.05, 0.1) is 4.90 Å². The maximum atomic E-state index is 12.9. The van der Waals surface area contributed by atoms with Gasteiger partial charge in [-0.1, -0.05) is 29.3 Å². The number of aliphatic hydroxyl groups excluding tert-OH is 1. The number of rotatable bonds is 7. The van der Waals surface area contributed by atoms with Gasteiger partial charge in [-0.05, 0) is 56.3 Å². The lowest BCUT2D eigenvalue weighted by Crippen LogP contribution is -2.39. The van der Waals surface area contributed by atoms with E-state index in [0.29, 0.717) is 41.8 Å². The van der Waals surface area contributed by atoms with Crippen LogP contribution in [0.3, 0.4) is 0 Å². The van der Waals surface area contributed by atoms with Crippen molar-refractivity contribution in [3.63, 3.8) is 0 Å². The maximum Gasteiger partial charge on any atom is 0.243 e. The number of nitrogens with zero attached hydrogens (tertiary/aromatic N) is 2. The molecule has 2 aromatic carbocycles. The third-order valence-corrected chi connectivity index (χ3v) is 7.10. The smallest absolute Gasteiger partial charge is 0.243 e. The van der Waals surface area contributed by atoms with Gasteiger partial charge in [-0.3, -0.25) is 4.90 Å². The normalized spacial score (nSPS) is 17.6.